The first-order chi connectivity index (χ1) is 7.95. The van der Waals surface area contributed by atoms with Crippen molar-refractivity contribution < 1.29 is 0 Å². The maximum atomic E-state index is 5.61. The normalized spacial score (nSPS) is 11.7. The van der Waals surface area contributed by atoms with Crippen LogP contribution in [0, 0.1) is 0 Å². The van der Waals surface area contributed by atoms with Gasteiger partial charge in [-0.25, -0.2) is 4.98 Å². The van der Waals surface area contributed by atoms with Gasteiger partial charge >= 0.3 is 0 Å². The fourth-order valence-corrected chi connectivity index (χ4v) is 2.47. The summed E-state index contributed by atoms with van der Waals surface area (Å²) in [7, 11) is 0. The minimum Gasteiger partial charge on any atom is -0.397 e. The Bertz CT molecular complexity index is 494. The Labute approximate surface area is 106 Å². The van der Waals surface area contributed by atoms with E-state index in [0.29, 0.717) is 5.69 Å². The second-order valence-electron chi connectivity index (χ2n) is 5.14. The van der Waals surface area contributed by atoms with Gasteiger partial charge in [-0.1, -0.05) is 20.8 Å². The van der Waals surface area contributed by atoms with Crippen molar-refractivity contribution in [3.8, 4) is 0 Å². The molecule has 2 aromatic heterocycles. The third kappa shape index (κ3) is 3.03. The number of hydrogen-bond acceptors (Lipinski definition) is 4. The summed E-state index contributed by atoms with van der Waals surface area (Å²) in [6.45, 7) is 6.52. The Balaban J connectivity index is 2.14. The van der Waals surface area contributed by atoms with Crippen LogP contribution in [0.2, 0.25) is 0 Å². The standard InChI is InChI=1S/C13H17N3S/c1-13(2,3)11-8-17-12(16-11)6-10-5-4-9(14)7-15-10/h4-5,7-8H,6,14H2,1-3H3. The highest BCUT2D eigenvalue weighted by Crippen LogP contribution is 2.24. The molecule has 0 saturated carbocycles. The van der Waals surface area contributed by atoms with E-state index in [9.17, 15) is 0 Å². The highest BCUT2D eigenvalue weighted by molar-refractivity contribution is 7.09. The molecule has 90 valence electrons. The number of hydrogen-bond donors (Lipinski definition) is 1. The van der Waals surface area contributed by atoms with Crippen LogP contribution in [0.1, 0.15) is 37.2 Å². The molecule has 4 heteroatoms. The van der Waals surface area contributed by atoms with Gasteiger partial charge in [0, 0.05) is 22.9 Å². The lowest BCUT2D eigenvalue weighted by molar-refractivity contribution is 0.571. The quantitative estimate of drug-likeness (QED) is 0.887. The van der Waals surface area contributed by atoms with E-state index in [4.69, 9.17) is 5.73 Å². The van der Waals surface area contributed by atoms with Crippen LogP contribution < -0.4 is 5.73 Å². The van der Waals surface area contributed by atoms with Crippen LogP contribution in [0.25, 0.3) is 0 Å². The predicted octanol–water partition coefficient (Wildman–Crippen LogP) is 3.01. The molecule has 0 atom stereocenters. The van der Waals surface area contributed by atoms with Gasteiger partial charge < -0.3 is 5.73 Å². The van der Waals surface area contributed by atoms with Crippen molar-refractivity contribution in [2.24, 2.45) is 0 Å². The van der Waals surface area contributed by atoms with E-state index < -0.39 is 0 Å². The Morgan fingerprint density at radius 3 is 2.59 bits per heavy atom. The largest absolute Gasteiger partial charge is 0.397 e. The van der Waals surface area contributed by atoms with Gasteiger partial charge in [0.2, 0.25) is 0 Å². The number of anilines is 1. The van der Waals surface area contributed by atoms with E-state index in [-0.39, 0.29) is 5.41 Å². The van der Waals surface area contributed by atoms with Crippen molar-refractivity contribution in [3.63, 3.8) is 0 Å². The van der Waals surface area contributed by atoms with Crippen LogP contribution in [0.5, 0.6) is 0 Å². The Hall–Kier alpha value is -1.42. The number of pyridine rings is 1. The minimum atomic E-state index is 0.114. The molecule has 0 radical (unpaired) electrons. The molecule has 0 aliphatic heterocycles. The summed E-state index contributed by atoms with van der Waals surface area (Å²) in [5.74, 6) is 0. The lowest BCUT2D eigenvalue weighted by Crippen LogP contribution is -2.11. The van der Waals surface area contributed by atoms with Gasteiger partial charge in [-0.3, -0.25) is 4.98 Å². The van der Waals surface area contributed by atoms with Gasteiger partial charge in [-0.05, 0) is 12.1 Å². The zero-order valence-corrected chi connectivity index (χ0v) is 11.2. The molecule has 2 heterocycles. The van der Waals surface area contributed by atoms with E-state index in [2.05, 4.69) is 36.1 Å². The fraction of sp³-hybridized carbons (Fsp3) is 0.385. The smallest absolute Gasteiger partial charge is 0.0988 e. The third-order valence-corrected chi connectivity index (χ3v) is 3.35. The van der Waals surface area contributed by atoms with Crippen molar-refractivity contribution in [1.29, 1.82) is 0 Å². The lowest BCUT2D eigenvalue weighted by atomic mass is 9.93. The zero-order chi connectivity index (χ0) is 12.5. The number of aromatic nitrogens is 2. The SMILES string of the molecule is CC(C)(C)c1csc(Cc2ccc(N)cn2)n1. The molecule has 0 aliphatic carbocycles. The minimum absolute atomic E-state index is 0.114. The highest BCUT2D eigenvalue weighted by Gasteiger charge is 2.17. The predicted molar refractivity (Wildman–Crippen MR) is 72.3 cm³/mol. The van der Waals surface area contributed by atoms with E-state index in [1.54, 1.807) is 17.5 Å². The number of nitrogens with two attached hydrogens (primary N) is 1. The van der Waals surface area contributed by atoms with Crippen molar-refractivity contribution in [1.82, 2.24) is 9.97 Å². The summed E-state index contributed by atoms with van der Waals surface area (Å²) < 4.78 is 0. The van der Waals surface area contributed by atoms with Crippen LogP contribution >= 0.6 is 11.3 Å². The summed E-state index contributed by atoms with van der Waals surface area (Å²) in [6.07, 6.45) is 2.47. The number of nitrogens with zero attached hydrogens (tertiary/aromatic N) is 2. The van der Waals surface area contributed by atoms with Crippen molar-refractivity contribution in [2.45, 2.75) is 32.6 Å². The van der Waals surface area contributed by atoms with Gasteiger partial charge in [-0.15, -0.1) is 11.3 Å². The van der Waals surface area contributed by atoms with Gasteiger partial charge in [0.05, 0.1) is 22.6 Å². The molecule has 0 spiro atoms. The molecule has 0 aromatic carbocycles. The molecule has 2 N–H and O–H groups in total. The third-order valence-electron chi connectivity index (χ3n) is 2.50. The van der Waals surface area contributed by atoms with Crippen molar-refractivity contribution in [2.75, 3.05) is 5.73 Å². The molecular weight excluding hydrogens is 230 g/mol. The van der Waals surface area contributed by atoms with E-state index in [0.717, 1.165) is 22.8 Å². The van der Waals surface area contributed by atoms with Gasteiger partial charge in [0.15, 0.2) is 0 Å². The summed E-state index contributed by atoms with van der Waals surface area (Å²) in [5.41, 5.74) is 8.57. The summed E-state index contributed by atoms with van der Waals surface area (Å²) in [5, 5.41) is 3.24. The Morgan fingerprint density at radius 2 is 2.06 bits per heavy atom. The van der Waals surface area contributed by atoms with E-state index in [1.807, 2.05) is 12.1 Å². The first kappa shape index (κ1) is 12.0. The van der Waals surface area contributed by atoms with Crippen molar-refractivity contribution >= 4 is 17.0 Å². The molecule has 3 nitrogen and oxygen atoms in total. The van der Waals surface area contributed by atoms with Gasteiger partial charge in [0.25, 0.3) is 0 Å². The zero-order valence-electron chi connectivity index (χ0n) is 10.4. The second-order valence-corrected chi connectivity index (χ2v) is 6.08. The molecule has 0 saturated heterocycles. The van der Waals surface area contributed by atoms with Crippen LogP contribution in [-0.4, -0.2) is 9.97 Å². The first-order valence-corrected chi connectivity index (χ1v) is 6.48. The molecule has 2 aromatic rings. The summed E-state index contributed by atoms with van der Waals surface area (Å²) in [4.78, 5) is 8.93. The first-order valence-electron chi connectivity index (χ1n) is 5.60. The molecule has 0 bridgehead atoms. The van der Waals surface area contributed by atoms with Crippen LogP contribution in [0.4, 0.5) is 5.69 Å². The molecule has 2 rings (SSSR count). The maximum absolute atomic E-state index is 5.61. The van der Waals surface area contributed by atoms with Crippen LogP contribution in [0.15, 0.2) is 23.7 Å². The maximum Gasteiger partial charge on any atom is 0.0988 e. The number of thiazole rings is 1. The number of nitrogen functional groups attached to an aromatic ring is 1. The van der Waals surface area contributed by atoms with E-state index >= 15 is 0 Å². The van der Waals surface area contributed by atoms with Gasteiger partial charge in [-0.2, -0.15) is 0 Å². The Kier molecular flexibility index (Phi) is 3.15. The molecule has 0 aliphatic rings. The monoisotopic (exact) mass is 247 g/mol. The highest BCUT2D eigenvalue weighted by atomic mass is 32.1. The molecule has 0 amide bonds. The fourth-order valence-electron chi connectivity index (χ4n) is 1.43. The summed E-state index contributed by atoms with van der Waals surface area (Å²) in [6, 6.07) is 3.83. The number of rotatable bonds is 2. The van der Waals surface area contributed by atoms with E-state index in [1.165, 1.54) is 0 Å². The lowest BCUT2D eigenvalue weighted by Gasteiger charge is -2.14. The average molecular weight is 247 g/mol. The molecular formula is C13H17N3S. The van der Waals surface area contributed by atoms with Crippen molar-refractivity contribution in [3.05, 3.63) is 40.1 Å². The Morgan fingerprint density at radius 1 is 1.29 bits per heavy atom. The molecule has 17 heavy (non-hydrogen) atoms. The molecule has 0 fully saturated rings. The van der Waals surface area contributed by atoms with Crippen LogP contribution in [0.3, 0.4) is 0 Å². The average Bonchev–Trinajstić information content (AvgIpc) is 2.69. The second kappa shape index (κ2) is 4.45. The molecule has 0 unspecified atom stereocenters. The van der Waals surface area contributed by atoms with Crippen LogP contribution in [-0.2, 0) is 11.8 Å². The van der Waals surface area contributed by atoms with Gasteiger partial charge in [0.1, 0.15) is 0 Å². The summed E-state index contributed by atoms with van der Waals surface area (Å²) >= 11 is 1.69. The topological polar surface area (TPSA) is 51.8 Å².